The molecule has 0 spiro atoms. The Morgan fingerprint density at radius 3 is 2.55 bits per heavy atom. The number of carbonyl (C=O) groups excluding carboxylic acids is 1. The van der Waals surface area contributed by atoms with E-state index >= 15 is 0 Å². The van der Waals surface area contributed by atoms with Crippen LogP contribution < -0.4 is 0 Å². The zero-order chi connectivity index (χ0) is 14.9. The number of hydrogen-bond donors (Lipinski definition) is 0. The van der Waals surface area contributed by atoms with Gasteiger partial charge in [-0.1, -0.05) is 19.1 Å². The smallest absolute Gasteiger partial charge is 0.195 e. The molecule has 1 aromatic carbocycles. The van der Waals surface area contributed by atoms with Crippen LogP contribution in [0.25, 0.3) is 11.3 Å². The molecule has 0 aliphatic heterocycles. The monoisotopic (exact) mass is 283 g/mol. The Labute approximate surface area is 113 Å². The van der Waals surface area contributed by atoms with Gasteiger partial charge in [-0.15, -0.1) is 5.10 Å². The van der Waals surface area contributed by atoms with Gasteiger partial charge >= 0.3 is 0 Å². The molecule has 4 nitrogen and oxygen atoms in total. The maximum atomic E-state index is 13.9. The van der Waals surface area contributed by atoms with Crippen LogP contribution in [0.5, 0.6) is 0 Å². The average Bonchev–Trinajstić information content (AvgIpc) is 2.78. The summed E-state index contributed by atoms with van der Waals surface area (Å²) in [6, 6.07) is 1.87. The lowest BCUT2D eigenvalue weighted by molar-refractivity contribution is 0.111. The van der Waals surface area contributed by atoms with E-state index in [-0.39, 0.29) is 22.9 Å². The summed E-state index contributed by atoms with van der Waals surface area (Å²) in [7, 11) is 0. The summed E-state index contributed by atoms with van der Waals surface area (Å²) >= 11 is 0. The van der Waals surface area contributed by atoms with Crippen LogP contribution in [0, 0.1) is 23.4 Å². The van der Waals surface area contributed by atoms with Crippen molar-refractivity contribution in [1.82, 2.24) is 15.0 Å². The van der Waals surface area contributed by atoms with Crippen LogP contribution in [0.3, 0.4) is 0 Å². The molecule has 1 heterocycles. The van der Waals surface area contributed by atoms with E-state index in [0.717, 1.165) is 12.1 Å². The molecular weight excluding hydrogens is 271 g/mol. The fourth-order valence-corrected chi connectivity index (χ4v) is 1.87. The highest BCUT2D eigenvalue weighted by Crippen LogP contribution is 2.27. The summed E-state index contributed by atoms with van der Waals surface area (Å²) in [5.74, 6) is -4.08. The van der Waals surface area contributed by atoms with Gasteiger partial charge in [0.25, 0.3) is 0 Å². The van der Waals surface area contributed by atoms with E-state index in [0.29, 0.717) is 12.8 Å². The summed E-state index contributed by atoms with van der Waals surface area (Å²) in [6.45, 7) is 4.16. The lowest BCUT2D eigenvalue weighted by atomic mass is 10.1. The standard InChI is InChI=1S/C13H12F3N3O/c1-7(2)5-19-13(10(6-20)17-18-19)8-3-4-9(14)12(16)11(8)15/h3-4,6-7H,5H2,1-2H3. The van der Waals surface area contributed by atoms with Gasteiger partial charge in [0, 0.05) is 12.1 Å². The molecule has 0 saturated heterocycles. The number of halogens is 3. The molecule has 0 saturated carbocycles. The minimum atomic E-state index is -1.59. The van der Waals surface area contributed by atoms with Crippen LogP contribution in [0.4, 0.5) is 13.2 Å². The zero-order valence-electron chi connectivity index (χ0n) is 10.9. The summed E-state index contributed by atoms with van der Waals surface area (Å²) in [5.41, 5.74) is -0.308. The Bertz CT molecular complexity index is 653. The Balaban J connectivity index is 2.65. The molecule has 7 heteroatoms. The fourth-order valence-electron chi connectivity index (χ4n) is 1.87. The average molecular weight is 283 g/mol. The van der Waals surface area contributed by atoms with Crippen LogP contribution in [-0.2, 0) is 6.54 Å². The van der Waals surface area contributed by atoms with Crippen molar-refractivity contribution in [2.45, 2.75) is 20.4 Å². The quantitative estimate of drug-likeness (QED) is 0.640. The highest BCUT2D eigenvalue weighted by molar-refractivity contribution is 5.83. The Morgan fingerprint density at radius 1 is 1.25 bits per heavy atom. The molecule has 106 valence electrons. The topological polar surface area (TPSA) is 47.8 Å². The summed E-state index contributed by atoms with van der Waals surface area (Å²) in [6.07, 6.45) is 0.403. The van der Waals surface area contributed by atoms with Gasteiger partial charge in [0.2, 0.25) is 0 Å². The third-order valence-electron chi connectivity index (χ3n) is 2.70. The lowest BCUT2D eigenvalue weighted by Gasteiger charge is -2.10. The van der Waals surface area contributed by atoms with Crippen molar-refractivity contribution in [3.8, 4) is 11.3 Å². The SMILES string of the molecule is CC(C)Cn1nnc(C=O)c1-c1ccc(F)c(F)c1F. The van der Waals surface area contributed by atoms with Gasteiger partial charge in [-0.05, 0) is 18.1 Å². The van der Waals surface area contributed by atoms with E-state index < -0.39 is 17.5 Å². The molecule has 0 atom stereocenters. The molecule has 0 aliphatic rings. The molecule has 0 aliphatic carbocycles. The first-order valence-corrected chi connectivity index (χ1v) is 5.98. The molecule has 0 radical (unpaired) electrons. The van der Waals surface area contributed by atoms with E-state index in [9.17, 15) is 18.0 Å². The molecule has 0 unspecified atom stereocenters. The Hall–Kier alpha value is -2.18. The van der Waals surface area contributed by atoms with Crippen LogP contribution in [0.2, 0.25) is 0 Å². The molecule has 20 heavy (non-hydrogen) atoms. The van der Waals surface area contributed by atoms with Crippen LogP contribution in [0.15, 0.2) is 12.1 Å². The molecular formula is C13H12F3N3O. The largest absolute Gasteiger partial charge is 0.296 e. The third kappa shape index (κ3) is 2.43. The number of carbonyl (C=O) groups is 1. The highest BCUT2D eigenvalue weighted by Gasteiger charge is 2.22. The van der Waals surface area contributed by atoms with Crippen LogP contribution in [0.1, 0.15) is 24.3 Å². The molecule has 0 amide bonds. The van der Waals surface area contributed by atoms with Gasteiger partial charge in [0.15, 0.2) is 29.4 Å². The number of hydrogen-bond acceptors (Lipinski definition) is 3. The normalized spacial score (nSPS) is 11.1. The molecule has 1 aromatic heterocycles. The van der Waals surface area contributed by atoms with Crippen molar-refractivity contribution in [3.63, 3.8) is 0 Å². The van der Waals surface area contributed by atoms with Gasteiger partial charge in [-0.3, -0.25) is 4.79 Å². The summed E-state index contributed by atoms with van der Waals surface area (Å²) in [5, 5.41) is 7.37. The molecule has 0 bridgehead atoms. The van der Waals surface area contributed by atoms with Crippen LogP contribution in [-0.4, -0.2) is 21.3 Å². The van der Waals surface area contributed by atoms with Gasteiger partial charge < -0.3 is 0 Å². The second-order valence-corrected chi connectivity index (χ2v) is 4.74. The molecule has 2 aromatic rings. The van der Waals surface area contributed by atoms with E-state index in [1.54, 1.807) is 0 Å². The van der Waals surface area contributed by atoms with Crippen molar-refractivity contribution >= 4 is 6.29 Å². The molecule has 0 fully saturated rings. The van der Waals surface area contributed by atoms with E-state index in [1.165, 1.54) is 4.68 Å². The first-order valence-electron chi connectivity index (χ1n) is 5.98. The Morgan fingerprint density at radius 2 is 1.95 bits per heavy atom. The second kappa shape index (κ2) is 5.44. The molecule has 2 rings (SSSR count). The van der Waals surface area contributed by atoms with Crippen molar-refractivity contribution in [2.75, 3.05) is 0 Å². The minimum Gasteiger partial charge on any atom is -0.296 e. The van der Waals surface area contributed by atoms with Gasteiger partial charge in [-0.25, -0.2) is 17.9 Å². The number of nitrogens with zero attached hydrogens (tertiary/aromatic N) is 3. The maximum Gasteiger partial charge on any atom is 0.195 e. The predicted molar refractivity (Wildman–Crippen MR) is 65.6 cm³/mol. The minimum absolute atomic E-state index is 0.0464. The van der Waals surface area contributed by atoms with Crippen LogP contribution >= 0.6 is 0 Å². The number of rotatable bonds is 4. The Kier molecular flexibility index (Phi) is 3.87. The highest BCUT2D eigenvalue weighted by atomic mass is 19.2. The lowest BCUT2D eigenvalue weighted by Crippen LogP contribution is -2.09. The van der Waals surface area contributed by atoms with Crippen molar-refractivity contribution in [3.05, 3.63) is 35.3 Å². The maximum absolute atomic E-state index is 13.9. The van der Waals surface area contributed by atoms with Crippen molar-refractivity contribution in [1.29, 1.82) is 0 Å². The number of benzene rings is 1. The predicted octanol–water partition coefficient (Wildman–Crippen LogP) is 2.83. The number of aldehydes is 1. The van der Waals surface area contributed by atoms with E-state index in [4.69, 9.17) is 0 Å². The summed E-state index contributed by atoms with van der Waals surface area (Å²) in [4.78, 5) is 11.0. The van der Waals surface area contributed by atoms with E-state index in [1.807, 2.05) is 13.8 Å². The van der Waals surface area contributed by atoms with Gasteiger partial charge in [-0.2, -0.15) is 0 Å². The zero-order valence-corrected chi connectivity index (χ0v) is 10.9. The van der Waals surface area contributed by atoms with Crippen molar-refractivity contribution in [2.24, 2.45) is 5.92 Å². The first kappa shape index (κ1) is 14.2. The van der Waals surface area contributed by atoms with Gasteiger partial charge in [0.1, 0.15) is 5.69 Å². The fraction of sp³-hybridized carbons (Fsp3) is 0.308. The van der Waals surface area contributed by atoms with Crippen molar-refractivity contribution < 1.29 is 18.0 Å². The second-order valence-electron chi connectivity index (χ2n) is 4.74. The molecule has 0 N–H and O–H groups in total. The third-order valence-corrected chi connectivity index (χ3v) is 2.70. The number of aromatic nitrogens is 3. The summed E-state index contributed by atoms with van der Waals surface area (Å²) < 4.78 is 41.5. The van der Waals surface area contributed by atoms with E-state index in [2.05, 4.69) is 10.3 Å². The van der Waals surface area contributed by atoms with Gasteiger partial charge in [0.05, 0.1) is 0 Å². The first-order chi connectivity index (χ1) is 9.45.